The lowest BCUT2D eigenvalue weighted by Gasteiger charge is -2.41. The topological polar surface area (TPSA) is 85.4 Å². The van der Waals surface area contributed by atoms with Crippen molar-refractivity contribution in [3.05, 3.63) is 72.2 Å². The summed E-state index contributed by atoms with van der Waals surface area (Å²) in [6.45, 7) is 9.78. The lowest BCUT2D eigenvalue weighted by Crippen LogP contribution is -2.46. The highest BCUT2D eigenvalue weighted by atomic mass is 16.5. The Balaban J connectivity index is 1.82. The van der Waals surface area contributed by atoms with Crippen LogP contribution in [0.2, 0.25) is 0 Å². The molecule has 0 spiro atoms. The van der Waals surface area contributed by atoms with Gasteiger partial charge in [0.2, 0.25) is 5.91 Å². The molecule has 4 rings (SSSR count). The predicted octanol–water partition coefficient (Wildman–Crippen LogP) is 4.35. The van der Waals surface area contributed by atoms with Gasteiger partial charge in [-0.25, -0.2) is 4.98 Å². The van der Waals surface area contributed by atoms with E-state index in [2.05, 4.69) is 55.1 Å². The summed E-state index contributed by atoms with van der Waals surface area (Å²) in [5, 5.41) is 3.44. The van der Waals surface area contributed by atoms with Crippen LogP contribution in [0.4, 0.5) is 5.69 Å². The first-order valence-electron chi connectivity index (χ1n) is 12.7. The first-order chi connectivity index (χ1) is 17.3. The Morgan fingerprint density at radius 2 is 2.00 bits per heavy atom. The number of nitrogen functional groups attached to an aromatic ring is 1. The minimum absolute atomic E-state index is 0.0101. The van der Waals surface area contributed by atoms with E-state index >= 15 is 0 Å². The van der Waals surface area contributed by atoms with E-state index in [9.17, 15) is 4.79 Å². The van der Waals surface area contributed by atoms with Gasteiger partial charge in [-0.05, 0) is 48.5 Å². The number of anilines is 1. The Hall–Kier alpha value is -3.16. The van der Waals surface area contributed by atoms with Gasteiger partial charge < -0.3 is 25.3 Å². The lowest BCUT2D eigenvalue weighted by atomic mass is 9.84. The summed E-state index contributed by atoms with van der Waals surface area (Å²) in [7, 11) is 1.58. The molecular formula is C29H39N5O2. The molecule has 192 valence electrons. The summed E-state index contributed by atoms with van der Waals surface area (Å²) in [5.41, 5.74) is 9.60. The van der Waals surface area contributed by atoms with Crippen molar-refractivity contribution in [2.24, 2.45) is 11.3 Å². The third kappa shape index (κ3) is 6.15. The second-order valence-corrected chi connectivity index (χ2v) is 10.8. The zero-order chi connectivity index (χ0) is 25.7. The van der Waals surface area contributed by atoms with Crippen LogP contribution >= 0.6 is 0 Å². The maximum atomic E-state index is 13.5. The van der Waals surface area contributed by atoms with Crippen LogP contribution in [0.15, 0.2) is 60.8 Å². The Labute approximate surface area is 214 Å². The van der Waals surface area contributed by atoms with Gasteiger partial charge in [-0.1, -0.05) is 63.2 Å². The molecule has 0 unspecified atom stereocenters. The Kier molecular flexibility index (Phi) is 8.11. The number of nitrogens with two attached hydrogens (primary N) is 1. The molecule has 1 fully saturated rings. The van der Waals surface area contributed by atoms with Crippen LogP contribution in [0, 0.1) is 11.3 Å². The van der Waals surface area contributed by atoms with Crippen LogP contribution in [0.5, 0.6) is 0 Å². The number of carbonyl (C=O) groups excluding carboxylic acids is 1. The molecular weight excluding hydrogens is 450 g/mol. The molecule has 2 atom stereocenters. The van der Waals surface area contributed by atoms with Crippen LogP contribution in [-0.4, -0.2) is 53.7 Å². The average Bonchev–Trinajstić information content (AvgIpc) is 3.49. The number of nitrogens with zero attached hydrogens (tertiary/aromatic N) is 3. The fraction of sp³-hybridized carbons (Fsp3) is 0.448. The standard InChI is InChI=1S/C29H39N5O2/c1-29(2,3)27(34(26(35)20-36-4)18-22-13-14-31-16-22)28-32-25(23-10-6-5-7-11-23)19-33(28)17-21-9-8-12-24(30)15-21/h5-12,15,19,22,27,31H,13-14,16-18,20,30H2,1-4H3/t22-,27+/m1/s1. The molecule has 36 heavy (non-hydrogen) atoms. The number of benzene rings is 2. The van der Waals surface area contributed by atoms with Crippen molar-refractivity contribution in [1.82, 2.24) is 19.8 Å². The first kappa shape index (κ1) is 25.9. The van der Waals surface area contributed by atoms with Gasteiger partial charge in [0.25, 0.3) is 0 Å². The van der Waals surface area contributed by atoms with Gasteiger partial charge in [0.1, 0.15) is 12.4 Å². The number of hydrogen-bond donors (Lipinski definition) is 2. The van der Waals surface area contributed by atoms with Crippen molar-refractivity contribution >= 4 is 11.6 Å². The number of carbonyl (C=O) groups is 1. The minimum atomic E-state index is -0.262. The van der Waals surface area contributed by atoms with Gasteiger partial charge in [-0.2, -0.15) is 0 Å². The molecule has 2 heterocycles. The van der Waals surface area contributed by atoms with Crippen molar-refractivity contribution in [2.75, 3.05) is 39.1 Å². The van der Waals surface area contributed by atoms with Gasteiger partial charge in [0, 0.05) is 37.6 Å². The molecule has 1 saturated heterocycles. The average molecular weight is 490 g/mol. The summed E-state index contributed by atoms with van der Waals surface area (Å²) < 4.78 is 7.50. The van der Waals surface area contributed by atoms with E-state index in [1.165, 1.54) is 0 Å². The highest BCUT2D eigenvalue weighted by Gasteiger charge is 2.39. The van der Waals surface area contributed by atoms with Crippen LogP contribution in [0.1, 0.15) is 44.6 Å². The maximum absolute atomic E-state index is 13.5. The smallest absolute Gasteiger partial charge is 0.249 e. The lowest BCUT2D eigenvalue weighted by molar-refractivity contribution is -0.141. The van der Waals surface area contributed by atoms with Gasteiger partial charge in [-0.15, -0.1) is 0 Å². The van der Waals surface area contributed by atoms with Crippen LogP contribution in [0.25, 0.3) is 11.3 Å². The fourth-order valence-corrected chi connectivity index (χ4v) is 5.11. The molecule has 0 bridgehead atoms. The van der Waals surface area contributed by atoms with E-state index < -0.39 is 0 Å². The van der Waals surface area contributed by atoms with E-state index in [1.807, 2.05) is 41.3 Å². The third-order valence-electron chi connectivity index (χ3n) is 6.76. The molecule has 2 aromatic carbocycles. The van der Waals surface area contributed by atoms with E-state index in [0.29, 0.717) is 19.0 Å². The van der Waals surface area contributed by atoms with Crippen LogP contribution in [-0.2, 0) is 16.1 Å². The largest absolute Gasteiger partial charge is 0.399 e. The van der Waals surface area contributed by atoms with Crippen molar-refractivity contribution in [3.8, 4) is 11.3 Å². The Bertz CT molecular complexity index is 1150. The van der Waals surface area contributed by atoms with Crippen molar-refractivity contribution in [2.45, 2.75) is 39.8 Å². The second-order valence-electron chi connectivity index (χ2n) is 10.8. The normalized spacial score (nSPS) is 16.7. The molecule has 0 saturated carbocycles. The van der Waals surface area contributed by atoms with Gasteiger partial charge >= 0.3 is 0 Å². The highest BCUT2D eigenvalue weighted by molar-refractivity contribution is 5.78. The molecule has 0 aliphatic carbocycles. The number of aromatic nitrogens is 2. The van der Waals surface area contributed by atoms with Gasteiger partial charge in [-0.3, -0.25) is 4.79 Å². The molecule has 1 amide bonds. The van der Waals surface area contributed by atoms with E-state index in [4.69, 9.17) is 15.5 Å². The zero-order valence-corrected chi connectivity index (χ0v) is 21.9. The number of amides is 1. The number of hydrogen-bond acceptors (Lipinski definition) is 5. The number of imidazole rings is 1. The quantitative estimate of drug-likeness (QED) is 0.437. The fourth-order valence-electron chi connectivity index (χ4n) is 5.11. The summed E-state index contributed by atoms with van der Waals surface area (Å²) in [4.78, 5) is 20.7. The summed E-state index contributed by atoms with van der Waals surface area (Å²) >= 11 is 0. The minimum Gasteiger partial charge on any atom is -0.399 e. The summed E-state index contributed by atoms with van der Waals surface area (Å²) in [5.74, 6) is 1.27. The van der Waals surface area contributed by atoms with E-state index in [0.717, 1.165) is 47.8 Å². The van der Waals surface area contributed by atoms with Crippen molar-refractivity contribution in [3.63, 3.8) is 0 Å². The number of nitrogens with one attached hydrogen (secondary N) is 1. The van der Waals surface area contributed by atoms with Crippen molar-refractivity contribution in [1.29, 1.82) is 0 Å². The summed E-state index contributed by atoms with van der Waals surface area (Å²) in [6.07, 6.45) is 3.16. The van der Waals surface area contributed by atoms with Crippen LogP contribution in [0.3, 0.4) is 0 Å². The molecule has 7 nitrogen and oxygen atoms in total. The summed E-state index contributed by atoms with van der Waals surface area (Å²) in [6, 6.07) is 17.9. The molecule has 1 aliphatic rings. The SMILES string of the molecule is COCC(=O)N(C[C@@H]1CCNC1)[C@@H](c1nc(-c2ccccc2)cn1Cc1cccc(N)c1)C(C)(C)C. The monoisotopic (exact) mass is 489 g/mol. The molecule has 7 heteroatoms. The predicted molar refractivity (Wildman–Crippen MR) is 144 cm³/mol. The second kappa shape index (κ2) is 11.3. The molecule has 1 aliphatic heterocycles. The highest BCUT2D eigenvalue weighted by Crippen LogP contribution is 2.40. The Morgan fingerprint density at radius 3 is 2.64 bits per heavy atom. The van der Waals surface area contributed by atoms with Gasteiger partial charge in [0.05, 0.1) is 11.7 Å². The van der Waals surface area contributed by atoms with E-state index in [-0.39, 0.29) is 24.0 Å². The number of methoxy groups -OCH3 is 1. The number of ether oxygens (including phenoxy) is 1. The third-order valence-corrected chi connectivity index (χ3v) is 6.76. The zero-order valence-electron chi connectivity index (χ0n) is 21.9. The number of rotatable bonds is 9. The maximum Gasteiger partial charge on any atom is 0.249 e. The molecule has 0 radical (unpaired) electrons. The Morgan fingerprint density at radius 1 is 1.22 bits per heavy atom. The van der Waals surface area contributed by atoms with Crippen LogP contribution < -0.4 is 11.1 Å². The first-order valence-corrected chi connectivity index (χ1v) is 12.7. The molecule has 3 N–H and O–H groups in total. The van der Waals surface area contributed by atoms with Crippen molar-refractivity contribution < 1.29 is 9.53 Å². The molecule has 1 aromatic heterocycles. The van der Waals surface area contributed by atoms with E-state index in [1.54, 1.807) is 7.11 Å². The molecule has 3 aromatic rings. The van der Waals surface area contributed by atoms with Gasteiger partial charge in [0.15, 0.2) is 0 Å².